The lowest BCUT2D eigenvalue weighted by Gasteiger charge is -2.22. The van der Waals surface area contributed by atoms with Gasteiger partial charge in [0.1, 0.15) is 0 Å². The molecule has 1 saturated heterocycles. The molecule has 0 unspecified atom stereocenters. The molecule has 0 radical (unpaired) electrons. The summed E-state index contributed by atoms with van der Waals surface area (Å²) in [7, 11) is 0. The fraction of sp³-hybridized carbons (Fsp3) is 0.222. The predicted octanol–water partition coefficient (Wildman–Crippen LogP) is 3.98. The van der Waals surface area contributed by atoms with Crippen molar-refractivity contribution in [3.05, 3.63) is 106 Å². The van der Waals surface area contributed by atoms with Crippen LogP contribution in [0.4, 0.5) is 5.95 Å². The van der Waals surface area contributed by atoms with Crippen molar-refractivity contribution in [2.24, 2.45) is 0 Å². The highest BCUT2D eigenvalue weighted by molar-refractivity contribution is 5.97. The van der Waals surface area contributed by atoms with E-state index in [2.05, 4.69) is 10.2 Å². The Hall–Kier alpha value is -3.93. The standard InChI is InChI=1S/C27H26N4O2/c32-25(28-18-20-9-3-1-4-10-20)22-13-14-23-24(17-22)29-27(30-15-7-8-16-30)31(26(23)33)19-21-11-5-2-6-12-21/h1-6,9-14,17H,7-8,15-16,18-19H2,(H,28,32). The molecule has 4 aromatic rings. The van der Waals surface area contributed by atoms with Gasteiger partial charge in [0.05, 0.1) is 17.4 Å². The van der Waals surface area contributed by atoms with Crippen molar-refractivity contribution in [3.63, 3.8) is 0 Å². The SMILES string of the molecule is O=C(NCc1ccccc1)c1ccc2c(=O)n(Cc3ccccc3)c(N3CCCC3)nc2c1. The number of fused-ring (bicyclic) bond motifs is 1. The van der Waals surface area contributed by atoms with Crippen LogP contribution in [0.25, 0.3) is 10.9 Å². The zero-order valence-corrected chi connectivity index (χ0v) is 18.4. The van der Waals surface area contributed by atoms with Gasteiger partial charge < -0.3 is 10.2 Å². The Labute approximate surface area is 192 Å². The van der Waals surface area contributed by atoms with Crippen molar-refractivity contribution in [2.45, 2.75) is 25.9 Å². The van der Waals surface area contributed by atoms with E-state index in [1.165, 1.54) is 0 Å². The summed E-state index contributed by atoms with van der Waals surface area (Å²) in [5, 5.41) is 3.47. The van der Waals surface area contributed by atoms with Crippen LogP contribution >= 0.6 is 0 Å². The molecule has 1 amide bonds. The zero-order chi connectivity index (χ0) is 22.6. The van der Waals surface area contributed by atoms with Crippen molar-refractivity contribution < 1.29 is 4.79 Å². The molecule has 2 heterocycles. The summed E-state index contributed by atoms with van der Waals surface area (Å²) < 4.78 is 1.76. The molecule has 1 aliphatic rings. The molecule has 6 heteroatoms. The molecule has 1 N–H and O–H groups in total. The summed E-state index contributed by atoms with van der Waals surface area (Å²) in [6.45, 7) is 2.67. The van der Waals surface area contributed by atoms with Gasteiger partial charge in [-0.2, -0.15) is 0 Å². The third-order valence-electron chi connectivity index (χ3n) is 6.07. The topological polar surface area (TPSA) is 67.2 Å². The highest BCUT2D eigenvalue weighted by Crippen LogP contribution is 2.21. The minimum atomic E-state index is -0.182. The third kappa shape index (κ3) is 4.51. The van der Waals surface area contributed by atoms with Gasteiger partial charge in [0, 0.05) is 25.2 Å². The van der Waals surface area contributed by atoms with Crippen molar-refractivity contribution in [2.75, 3.05) is 18.0 Å². The van der Waals surface area contributed by atoms with Gasteiger partial charge in [-0.3, -0.25) is 14.2 Å². The first kappa shape index (κ1) is 20.9. The number of anilines is 1. The van der Waals surface area contributed by atoms with Crippen molar-refractivity contribution >= 4 is 22.8 Å². The summed E-state index contributed by atoms with van der Waals surface area (Å²) in [4.78, 5) is 33.3. The van der Waals surface area contributed by atoms with Gasteiger partial charge in [-0.1, -0.05) is 60.7 Å². The van der Waals surface area contributed by atoms with Gasteiger partial charge in [0.2, 0.25) is 5.95 Å². The van der Waals surface area contributed by atoms with E-state index in [1.807, 2.05) is 60.7 Å². The number of benzene rings is 3. The van der Waals surface area contributed by atoms with Crippen LogP contribution in [0.1, 0.15) is 34.3 Å². The average Bonchev–Trinajstić information content (AvgIpc) is 3.40. The lowest BCUT2D eigenvalue weighted by molar-refractivity contribution is 0.0951. The molecule has 5 rings (SSSR count). The highest BCUT2D eigenvalue weighted by atomic mass is 16.1. The number of amides is 1. The van der Waals surface area contributed by atoms with E-state index in [0.29, 0.717) is 35.5 Å². The van der Waals surface area contributed by atoms with E-state index < -0.39 is 0 Å². The van der Waals surface area contributed by atoms with Gasteiger partial charge in [0.15, 0.2) is 0 Å². The molecule has 166 valence electrons. The number of hydrogen-bond acceptors (Lipinski definition) is 4. The molecular formula is C27H26N4O2. The van der Waals surface area contributed by atoms with E-state index in [4.69, 9.17) is 4.98 Å². The largest absolute Gasteiger partial charge is 0.348 e. The zero-order valence-electron chi connectivity index (χ0n) is 18.4. The number of carbonyl (C=O) groups excluding carboxylic acids is 1. The van der Waals surface area contributed by atoms with Crippen LogP contribution in [0.5, 0.6) is 0 Å². The van der Waals surface area contributed by atoms with Crippen LogP contribution in [-0.2, 0) is 13.1 Å². The van der Waals surface area contributed by atoms with E-state index in [0.717, 1.165) is 37.1 Å². The Morgan fingerprint density at radius 2 is 1.55 bits per heavy atom. The van der Waals surface area contributed by atoms with Crippen molar-refractivity contribution in [1.82, 2.24) is 14.9 Å². The predicted molar refractivity (Wildman–Crippen MR) is 131 cm³/mol. The first-order valence-corrected chi connectivity index (χ1v) is 11.3. The first-order valence-electron chi connectivity index (χ1n) is 11.3. The van der Waals surface area contributed by atoms with Gasteiger partial charge in [0.25, 0.3) is 11.5 Å². The van der Waals surface area contributed by atoms with Crippen LogP contribution < -0.4 is 15.8 Å². The Kier molecular flexibility index (Phi) is 5.89. The van der Waals surface area contributed by atoms with Crippen molar-refractivity contribution in [3.8, 4) is 0 Å². The van der Waals surface area contributed by atoms with Crippen LogP contribution in [0.2, 0.25) is 0 Å². The maximum Gasteiger partial charge on any atom is 0.263 e. The van der Waals surface area contributed by atoms with Gasteiger partial charge in [-0.05, 0) is 42.2 Å². The van der Waals surface area contributed by atoms with Crippen LogP contribution in [0, 0.1) is 0 Å². The Morgan fingerprint density at radius 3 is 2.24 bits per heavy atom. The number of nitrogens with one attached hydrogen (secondary N) is 1. The second kappa shape index (κ2) is 9.28. The molecule has 1 aliphatic heterocycles. The fourth-order valence-electron chi connectivity index (χ4n) is 4.30. The van der Waals surface area contributed by atoms with Gasteiger partial charge >= 0.3 is 0 Å². The second-order valence-electron chi connectivity index (χ2n) is 8.38. The summed E-state index contributed by atoms with van der Waals surface area (Å²) in [6, 6.07) is 24.9. The normalized spacial score (nSPS) is 13.4. The maximum absolute atomic E-state index is 13.5. The maximum atomic E-state index is 13.5. The Balaban J connectivity index is 1.50. The minimum Gasteiger partial charge on any atom is -0.348 e. The molecule has 1 fully saturated rings. The molecular weight excluding hydrogens is 412 g/mol. The lowest BCUT2D eigenvalue weighted by atomic mass is 10.1. The number of nitrogens with zero attached hydrogens (tertiary/aromatic N) is 3. The van der Waals surface area contributed by atoms with Gasteiger partial charge in [-0.25, -0.2) is 4.98 Å². The smallest absolute Gasteiger partial charge is 0.263 e. The number of aromatic nitrogens is 2. The highest BCUT2D eigenvalue weighted by Gasteiger charge is 2.21. The Morgan fingerprint density at radius 1 is 0.879 bits per heavy atom. The number of carbonyl (C=O) groups is 1. The number of rotatable bonds is 6. The van der Waals surface area contributed by atoms with E-state index in [1.54, 1.807) is 22.8 Å². The molecule has 0 saturated carbocycles. The lowest BCUT2D eigenvalue weighted by Crippen LogP contribution is -2.31. The molecule has 0 spiro atoms. The fourth-order valence-corrected chi connectivity index (χ4v) is 4.30. The molecule has 33 heavy (non-hydrogen) atoms. The molecule has 6 nitrogen and oxygen atoms in total. The van der Waals surface area contributed by atoms with Gasteiger partial charge in [-0.15, -0.1) is 0 Å². The molecule has 0 aliphatic carbocycles. The monoisotopic (exact) mass is 438 g/mol. The molecule has 0 atom stereocenters. The van der Waals surface area contributed by atoms with Crippen LogP contribution in [0.3, 0.4) is 0 Å². The average molecular weight is 439 g/mol. The summed E-state index contributed by atoms with van der Waals surface area (Å²) >= 11 is 0. The van der Waals surface area contributed by atoms with E-state index in [-0.39, 0.29) is 11.5 Å². The van der Waals surface area contributed by atoms with Crippen molar-refractivity contribution in [1.29, 1.82) is 0 Å². The van der Waals surface area contributed by atoms with E-state index in [9.17, 15) is 9.59 Å². The second-order valence-corrected chi connectivity index (χ2v) is 8.38. The summed E-state index contributed by atoms with van der Waals surface area (Å²) in [5.74, 6) is 0.495. The molecule has 1 aromatic heterocycles. The summed E-state index contributed by atoms with van der Waals surface area (Å²) in [6.07, 6.45) is 2.17. The molecule has 3 aromatic carbocycles. The quantitative estimate of drug-likeness (QED) is 0.495. The first-order chi connectivity index (χ1) is 16.2. The Bertz CT molecular complexity index is 1330. The summed E-state index contributed by atoms with van der Waals surface area (Å²) in [5.41, 5.74) is 3.06. The number of hydrogen-bond donors (Lipinski definition) is 1. The van der Waals surface area contributed by atoms with E-state index >= 15 is 0 Å². The molecule has 0 bridgehead atoms. The van der Waals surface area contributed by atoms with Crippen LogP contribution in [0.15, 0.2) is 83.7 Å². The third-order valence-corrected chi connectivity index (χ3v) is 6.07. The van der Waals surface area contributed by atoms with Crippen LogP contribution in [-0.4, -0.2) is 28.5 Å². The minimum absolute atomic E-state index is 0.0815.